The van der Waals surface area contributed by atoms with Crippen LogP contribution in [0.3, 0.4) is 0 Å². The van der Waals surface area contributed by atoms with Gasteiger partial charge in [0, 0.05) is 5.56 Å². The Morgan fingerprint density at radius 2 is 1.95 bits per heavy atom. The average Bonchev–Trinajstić information content (AvgIpc) is 2.47. The molecule has 0 saturated carbocycles. The molecule has 20 heavy (non-hydrogen) atoms. The molecular formula is C16H18F2N2. The molecule has 0 amide bonds. The van der Waals surface area contributed by atoms with Gasteiger partial charge in [-0.3, -0.25) is 5.84 Å². The van der Waals surface area contributed by atoms with Crippen molar-refractivity contribution in [2.45, 2.75) is 26.3 Å². The number of hydrogen-bond donors (Lipinski definition) is 2. The van der Waals surface area contributed by atoms with Crippen LogP contribution in [0.5, 0.6) is 0 Å². The molecular weight excluding hydrogens is 258 g/mol. The van der Waals surface area contributed by atoms with Crippen molar-refractivity contribution in [2.75, 3.05) is 0 Å². The van der Waals surface area contributed by atoms with Gasteiger partial charge < -0.3 is 0 Å². The fraction of sp³-hybridized carbons (Fsp3) is 0.250. The number of benzene rings is 2. The first kappa shape index (κ1) is 14.6. The summed E-state index contributed by atoms with van der Waals surface area (Å²) in [6, 6.07) is 9.54. The molecule has 0 aliphatic heterocycles. The van der Waals surface area contributed by atoms with Gasteiger partial charge in [0.15, 0.2) is 0 Å². The van der Waals surface area contributed by atoms with Crippen molar-refractivity contribution in [1.82, 2.24) is 5.43 Å². The van der Waals surface area contributed by atoms with Crippen molar-refractivity contribution >= 4 is 0 Å². The number of aryl methyl sites for hydroxylation is 2. The molecule has 0 aliphatic rings. The summed E-state index contributed by atoms with van der Waals surface area (Å²) >= 11 is 0. The van der Waals surface area contributed by atoms with Crippen molar-refractivity contribution in [1.29, 1.82) is 0 Å². The number of hydrazine groups is 1. The number of nitrogens with two attached hydrogens (primary N) is 1. The molecule has 0 saturated heterocycles. The van der Waals surface area contributed by atoms with E-state index in [1.54, 1.807) is 6.92 Å². The first-order chi connectivity index (χ1) is 9.58. The summed E-state index contributed by atoms with van der Waals surface area (Å²) in [5, 5.41) is 0. The van der Waals surface area contributed by atoms with E-state index in [2.05, 4.69) is 5.43 Å². The maximum atomic E-state index is 14.2. The number of hydrogen-bond acceptors (Lipinski definition) is 2. The number of nitrogens with one attached hydrogen (secondary N) is 1. The molecule has 0 radical (unpaired) electrons. The van der Waals surface area contributed by atoms with Gasteiger partial charge in [0.2, 0.25) is 0 Å². The number of halogens is 2. The van der Waals surface area contributed by atoms with Crippen LogP contribution in [-0.4, -0.2) is 0 Å². The zero-order chi connectivity index (χ0) is 14.7. The molecule has 0 bridgehead atoms. The molecule has 2 aromatic rings. The molecule has 2 rings (SSSR count). The Balaban J connectivity index is 2.55. The molecule has 0 fully saturated rings. The molecule has 2 aromatic carbocycles. The summed E-state index contributed by atoms with van der Waals surface area (Å²) in [6.45, 7) is 3.63. The first-order valence-electron chi connectivity index (χ1n) is 6.58. The predicted molar refractivity (Wildman–Crippen MR) is 76.1 cm³/mol. The highest BCUT2D eigenvalue weighted by atomic mass is 19.1. The van der Waals surface area contributed by atoms with Crippen LogP contribution in [0.4, 0.5) is 8.78 Å². The van der Waals surface area contributed by atoms with Crippen molar-refractivity contribution in [3.63, 3.8) is 0 Å². The average molecular weight is 276 g/mol. The molecule has 0 aliphatic carbocycles. The SMILES string of the molecule is CCc1cccc(C(NN)c2c(F)ccc(C)c2F)c1. The predicted octanol–water partition coefficient (Wildman–Crippen LogP) is 3.39. The Bertz CT molecular complexity index is 611. The van der Waals surface area contributed by atoms with Crippen LogP contribution >= 0.6 is 0 Å². The lowest BCUT2D eigenvalue weighted by Gasteiger charge is -2.19. The third kappa shape index (κ3) is 2.71. The summed E-state index contributed by atoms with van der Waals surface area (Å²) in [5.41, 5.74) is 4.71. The fourth-order valence-electron chi connectivity index (χ4n) is 2.28. The van der Waals surface area contributed by atoms with Crippen LogP contribution in [0.25, 0.3) is 0 Å². The van der Waals surface area contributed by atoms with Crippen molar-refractivity contribution < 1.29 is 8.78 Å². The molecule has 4 heteroatoms. The van der Waals surface area contributed by atoms with E-state index in [1.807, 2.05) is 31.2 Å². The van der Waals surface area contributed by atoms with Gasteiger partial charge in [-0.1, -0.05) is 37.3 Å². The zero-order valence-electron chi connectivity index (χ0n) is 11.6. The Labute approximate surface area is 117 Å². The normalized spacial score (nSPS) is 12.4. The van der Waals surface area contributed by atoms with Crippen LogP contribution < -0.4 is 11.3 Å². The van der Waals surface area contributed by atoms with E-state index in [0.717, 1.165) is 17.5 Å². The monoisotopic (exact) mass is 276 g/mol. The highest BCUT2D eigenvalue weighted by Gasteiger charge is 2.22. The van der Waals surface area contributed by atoms with Crippen molar-refractivity contribution in [2.24, 2.45) is 5.84 Å². The van der Waals surface area contributed by atoms with Gasteiger partial charge in [-0.25, -0.2) is 14.2 Å². The van der Waals surface area contributed by atoms with Crippen LogP contribution in [-0.2, 0) is 6.42 Å². The molecule has 2 nitrogen and oxygen atoms in total. The van der Waals surface area contributed by atoms with Gasteiger partial charge >= 0.3 is 0 Å². The van der Waals surface area contributed by atoms with Gasteiger partial charge in [0.05, 0.1) is 6.04 Å². The van der Waals surface area contributed by atoms with Gasteiger partial charge in [-0.05, 0) is 36.1 Å². The van der Waals surface area contributed by atoms with Gasteiger partial charge in [0.1, 0.15) is 11.6 Å². The van der Waals surface area contributed by atoms with Crippen molar-refractivity contribution in [3.8, 4) is 0 Å². The molecule has 106 valence electrons. The zero-order valence-corrected chi connectivity index (χ0v) is 11.6. The smallest absolute Gasteiger partial charge is 0.134 e. The minimum atomic E-state index is -0.707. The molecule has 0 heterocycles. The standard InChI is InChI=1S/C16H18F2N2/c1-3-11-5-4-6-12(9-11)16(20-19)14-13(17)8-7-10(2)15(14)18/h4-9,16,20H,3,19H2,1-2H3. The summed E-state index contributed by atoms with van der Waals surface area (Å²) in [7, 11) is 0. The van der Waals surface area contributed by atoms with E-state index in [4.69, 9.17) is 5.84 Å². The minimum Gasteiger partial charge on any atom is -0.271 e. The number of rotatable bonds is 4. The van der Waals surface area contributed by atoms with Crippen LogP contribution in [0, 0.1) is 18.6 Å². The van der Waals surface area contributed by atoms with Gasteiger partial charge in [-0.15, -0.1) is 0 Å². The minimum absolute atomic E-state index is 0.0410. The largest absolute Gasteiger partial charge is 0.271 e. The summed E-state index contributed by atoms with van der Waals surface area (Å²) in [6.07, 6.45) is 0.851. The topological polar surface area (TPSA) is 38.0 Å². The molecule has 1 atom stereocenters. The summed E-state index contributed by atoms with van der Waals surface area (Å²) in [5.74, 6) is 4.37. The quantitative estimate of drug-likeness (QED) is 0.663. The second-order valence-electron chi connectivity index (χ2n) is 4.79. The highest BCUT2D eigenvalue weighted by molar-refractivity contribution is 5.37. The lowest BCUT2D eigenvalue weighted by atomic mass is 9.95. The van der Waals surface area contributed by atoms with E-state index in [1.165, 1.54) is 12.1 Å². The van der Waals surface area contributed by atoms with Gasteiger partial charge in [-0.2, -0.15) is 0 Å². The Morgan fingerprint density at radius 3 is 2.60 bits per heavy atom. The van der Waals surface area contributed by atoms with Crippen LogP contribution in [0.1, 0.15) is 35.2 Å². The van der Waals surface area contributed by atoms with Gasteiger partial charge in [0.25, 0.3) is 0 Å². The third-order valence-corrected chi connectivity index (χ3v) is 3.47. The van der Waals surface area contributed by atoms with E-state index in [9.17, 15) is 8.78 Å². The second kappa shape index (κ2) is 6.11. The lowest BCUT2D eigenvalue weighted by molar-refractivity contribution is 0.506. The lowest BCUT2D eigenvalue weighted by Crippen LogP contribution is -2.30. The maximum absolute atomic E-state index is 14.2. The highest BCUT2D eigenvalue weighted by Crippen LogP contribution is 2.28. The van der Waals surface area contributed by atoms with E-state index < -0.39 is 17.7 Å². The Morgan fingerprint density at radius 1 is 1.20 bits per heavy atom. The fourth-order valence-corrected chi connectivity index (χ4v) is 2.28. The van der Waals surface area contributed by atoms with E-state index in [0.29, 0.717) is 5.56 Å². The molecule has 0 spiro atoms. The summed E-state index contributed by atoms with van der Waals surface area (Å²) in [4.78, 5) is 0. The Kier molecular flexibility index (Phi) is 4.47. The second-order valence-corrected chi connectivity index (χ2v) is 4.79. The van der Waals surface area contributed by atoms with Crippen LogP contribution in [0.15, 0.2) is 36.4 Å². The first-order valence-corrected chi connectivity index (χ1v) is 6.58. The molecule has 3 N–H and O–H groups in total. The van der Waals surface area contributed by atoms with Crippen LogP contribution in [0.2, 0.25) is 0 Å². The molecule has 0 aromatic heterocycles. The summed E-state index contributed by atoms with van der Waals surface area (Å²) < 4.78 is 28.2. The van der Waals surface area contributed by atoms with Crippen molar-refractivity contribution in [3.05, 3.63) is 70.3 Å². The Hall–Kier alpha value is -1.78. The third-order valence-electron chi connectivity index (χ3n) is 3.47. The molecule has 1 unspecified atom stereocenters. The maximum Gasteiger partial charge on any atom is 0.134 e. The van der Waals surface area contributed by atoms with E-state index >= 15 is 0 Å². The van der Waals surface area contributed by atoms with E-state index in [-0.39, 0.29) is 5.56 Å².